The van der Waals surface area contributed by atoms with Gasteiger partial charge in [-0.05, 0) is 41.5 Å². The highest BCUT2D eigenvalue weighted by Crippen LogP contribution is 2.24. The van der Waals surface area contributed by atoms with E-state index in [1.165, 1.54) is 6.07 Å². The number of nitrogen functional groups attached to an aromatic ring is 1. The predicted octanol–water partition coefficient (Wildman–Crippen LogP) is 3.39. The van der Waals surface area contributed by atoms with Gasteiger partial charge in [0, 0.05) is 55.6 Å². The van der Waals surface area contributed by atoms with Crippen molar-refractivity contribution in [3.8, 4) is 0 Å². The molecule has 2 aromatic carbocycles. The Balaban J connectivity index is 1.15. The molecule has 1 unspecified atom stereocenters. The van der Waals surface area contributed by atoms with Gasteiger partial charge < -0.3 is 15.8 Å². The van der Waals surface area contributed by atoms with Gasteiger partial charge in [-0.3, -0.25) is 19.1 Å². The smallest absolute Gasteiger partial charge is 0.251 e. The van der Waals surface area contributed by atoms with Crippen molar-refractivity contribution in [3.05, 3.63) is 101 Å². The third kappa shape index (κ3) is 5.16. The number of nitrogens with two attached hydrogens (primary N) is 1. The lowest BCUT2D eigenvalue weighted by molar-refractivity contribution is 0.0161. The second-order valence-corrected chi connectivity index (χ2v) is 9.57. The molecule has 0 radical (unpaired) electrons. The number of carbonyl (C=O) groups is 1. The van der Waals surface area contributed by atoms with Crippen LogP contribution in [0.5, 0.6) is 0 Å². The second-order valence-electron chi connectivity index (χ2n) is 9.57. The molecule has 9 nitrogen and oxygen atoms in total. The highest BCUT2D eigenvalue weighted by atomic mass is 19.1. The Bertz CT molecular complexity index is 1620. The van der Waals surface area contributed by atoms with Crippen LogP contribution in [-0.4, -0.2) is 63.0 Å². The number of halogens is 1. The molecule has 4 heterocycles. The van der Waals surface area contributed by atoms with Crippen molar-refractivity contribution in [1.29, 1.82) is 0 Å². The molecule has 1 saturated heterocycles. The molecule has 0 spiro atoms. The van der Waals surface area contributed by atoms with Crippen LogP contribution in [0.15, 0.2) is 73.2 Å². The van der Waals surface area contributed by atoms with Crippen molar-refractivity contribution >= 4 is 28.4 Å². The quantitative estimate of drug-likeness (QED) is 0.335. The lowest BCUT2D eigenvalue weighted by Gasteiger charge is -2.34. The lowest BCUT2D eigenvalue weighted by atomic mass is 10.1. The van der Waals surface area contributed by atoms with Gasteiger partial charge in [-0.1, -0.05) is 24.3 Å². The third-order valence-electron chi connectivity index (χ3n) is 7.07. The first-order chi connectivity index (χ1) is 19.1. The van der Waals surface area contributed by atoms with Crippen molar-refractivity contribution < 1.29 is 13.9 Å². The third-order valence-corrected chi connectivity index (χ3v) is 7.07. The van der Waals surface area contributed by atoms with E-state index in [1.54, 1.807) is 22.7 Å². The molecule has 3 aromatic heterocycles. The monoisotopic (exact) mass is 525 g/mol. The molecule has 198 valence electrons. The first kappa shape index (κ1) is 24.9. The van der Waals surface area contributed by atoms with E-state index >= 15 is 0 Å². The number of hydrogen-bond donors (Lipinski definition) is 2. The molecule has 1 aliphatic rings. The molecular weight excluding hydrogens is 497 g/mol. The normalized spacial score (nSPS) is 15.0. The standard InChI is InChI=1S/C29H28FN7O2/c30-24-5-1-4-23-26(24)35-29(31)37-18-22(34-27(23)37)15-19-6-8-20(9-7-19)28(38)33-17-25(21-3-2-10-32-16-21)36-11-13-39-14-12-36/h1-10,16,18,25H,11-15,17H2,(H2,31,35)(H,33,38). The van der Waals surface area contributed by atoms with E-state index < -0.39 is 5.82 Å². The van der Waals surface area contributed by atoms with Crippen LogP contribution in [0, 0.1) is 5.82 Å². The number of nitrogens with one attached hydrogen (secondary N) is 1. The van der Waals surface area contributed by atoms with Crippen molar-refractivity contribution in [2.75, 3.05) is 38.6 Å². The number of morpholine rings is 1. The Morgan fingerprint density at radius 2 is 1.90 bits per heavy atom. The van der Waals surface area contributed by atoms with Gasteiger partial charge in [0.15, 0.2) is 0 Å². The van der Waals surface area contributed by atoms with Crippen LogP contribution < -0.4 is 11.1 Å². The molecular formula is C29H28FN7O2. The minimum atomic E-state index is -0.434. The summed E-state index contributed by atoms with van der Waals surface area (Å²) in [5.41, 5.74) is 10.2. The number of benzene rings is 2. The Hall–Kier alpha value is -4.41. The number of rotatable bonds is 7. The van der Waals surface area contributed by atoms with Crippen LogP contribution in [0.25, 0.3) is 16.6 Å². The number of pyridine rings is 1. The number of para-hydroxylation sites is 1. The first-order valence-corrected chi connectivity index (χ1v) is 12.9. The number of nitrogens with zero attached hydrogens (tertiary/aromatic N) is 5. The fourth-order valence-corrected chi connectivity index (χ4v) is 5.05. The van der Waals surface area contributed by atoms with Crippen molar-refractivity contribution in [1.82, 2.24) is 29.6 Å². The minimum absolute atomic E-state index is 0.0207. The highest BCUT2D eigenvalue weighted by Gasteiger charge is 2.23. The second kappa shape index (κ2) is 10.8. The summed E-state index contributed by atoms with van der Waals surface area (Å²) in [5.74, 6) is -0.393. The molecule has 0 aliphatic carbocycles. The zero-order valence-electron chi connectivity index (χ0n) is 21.3. The Labute approximate surface area is 224 Å². The summed E-state index contributed by atoms with van der Waals surface area (Å²) in [6, 6.07) is 16.2. The van der Waals surface area contributed by atoms with Gasteiger partial charge in [0.2, 0.25) is 5.95 Å². The molecule has 39 heavy (non-hydrogen) atoms. The minimum Gasteiger partial charge on any atom is -0.379 e. The highest BCUT2D eigenvalue weighted by molar-refractivity contribution is 5.94. The van der Waals surface area contributed by atoms with E-state index in [4.69, 9.17) is 15.5 Å². The number of fused-ring (bicyclic) bond motifs is 3. The van der Waals surface area contributed by atoms with Gasteiger partial charge in [0.05, 0.1) is 24.9 Å². The van der Waals surface area contributed by atoms with Gasteiger partial charge in [-0.25, -0.2) is 14.4 Å². The summed E-state index contributed by atoms with van der Waals surface area (Å²) in [7, 11) is 0. The number of imidazole rings is 1. The van der Waals surface area contributed by atoms with Gasteiger partial charge in [0.25, 0.3) is 5.91 Å². The van der Waals surface area contributed by atoms with Crippen LogP contribution in [0.2, 0.25) is 0 Å². The topological polar surface area (TPSA) is 111 Å². The fraction of sp³-hybridized carbons (Fsp3) is 0.241. The SMILES string of the molecule is Nc1nc2c(F)cccc2c2nc(Cc3ccc(C(=O)NCC(c4cccnc4)N4CCOCC4)cc3)cn12. The molecule has 5 aromatic rings. The molecule has 1 aliphatic heterocycles. The van der Waals surface area contributed by atoms with Crippen LogP contribution in [-0.2, 0) is 11.2 Å². The van der Waals surface area contributed by atoms with Crippen LogP contribution in [0.3, 0.4) is 0 Å². The molecule has 10 heteroatoms. The molecule has 0 bridgehead atoms. The van der Waals surface area contributed by atoms with Crippen LogP contribution in [0.1, 0.15) is 33.2 Å². The molecule has 1 atom stereocenters. The van der Waals surface area contributed by atoms with E-state index in [0.29, 0.717) is 42.8 Å². The Kier molecular flexibility index (Phi) is 6.87. The summed E-state index contributed by atoms with van der Waals surface area (Å²) in [6.07, 6.45) is 5.94. The van der Waals surface area contributed by atoms with Crippen LogP contribution >= 0.6 is 0 Å². The first-order valence-electron chi connectivity index (χ1n) is 12.9. The van der Waals surface area contributed by atoms with E-state index in [0.717, 1.165) is 29.9 Å². The number of amides is 1. The zero-order valence-corrected chi connectivity index (χ0v) is 21.3. The molecule has 6 rings (SSSR count). The van der Waals surface area contributed by atoms with E-state index in [9.17, 15) is 9.18 Å². The van der Waals surface area contributed by atoms with Crippen molar-refractivity contribution in [3.63, 3.8) is 0 Å². The molecule has 0 saturated carbocycles. The number of carbonyl (C=O) groups excluding carboxylic acids is 1. The van der Waals surface area contributed by atoms with Gasteiger partial charge in [-0.15, -0.1) is 0 Å². The lowest BCUT2D eigenvalue weighted by Crippen LogP contribution is -2.43. The Morgan fingerprint density at radius 1 is 1.08 bits per heavy atom. The number of hydrogen-bond acceptors (Lipinski definition) is 7. The van der Waals surface area contributed by atoms with E-state index in [-0.39, 0.29) is 23.4 Å². The largest absolute Gasteiger partial charge is 0.379 e. The molecule has 1 amide bonds. The number of anilines is 1. The summed E-state index contributed by atoms with van der Waals surface area (Å²) >= 11 is 0. The van der Waals surface area contributed by atoms with Crippen LogP contribution in [0.4, 0.5) is 10.3 Å². The maximum atomic E-state index is 14.2. The molecule has 3 N–H and O–H groups in total. The van der Waals surface area contributed by atoms with Crippen molar-refractivity contribution in [2.24, 2.45) is 0 Å². The number of aromatic nitrogens is 4. The fourth-order valence-electron chi connectivity index (χ4n) is 5.05. The average Bonchev–Trinajstić information content (AvgIpc) is 3.40. The van der Waals surface area contributed by atoms with Gasteiger partial charge in [0.1, 0.15) is 17.0 Å². The predicted molar refractivity (Wildman–Crippen MR) is 146 cm³/mol. The molecule has 1 fully saturated rings. The summed E-state index contributed by atoms with van der Waals surface area (Å²) in [6.45, 7) is 3.43. The number of ether oxygens (including phenoxy) is 1. The van der Waals surface area contributed by atoms with E-state index in [2.05, 4.69) is 20.2 Å². The Morgan fingerprint density at radius 3 is 2.67 bits per heavy atom. The summed E-state index contributed by atoms with van der Waals surface area (Å²) in [4.78, 5) is 28.5. The van der Waals surface area contributed by atoms with Crippen molar-refractivity contribution in [2.45, 2.75) is 12.5 Å². The van der Waals surface area contributed by atoms with Gasteiger partial charge >= 0.3 is 0 Å². The average molecular weight is 526 g/mol. The summed E-state index contributed by atoms with van der Waals surface area (Å²) < 4.78 is 21.4. The summed E-state index contributed by atoms with van der Waals surface area (Å²) in [5, 5.41) is 3.69. The maximum Gasteiger partial charge on any atom is 0.251 e. The van der Waals surface area contributed by atoms with E-state index in [1.807, 2.05) is 48.8 Å². The zero-order chi connectivity index (χ0) is 26.8. The van der Waals surface area contributed by atoms with Gasteiger partial charge in [-0.2, -0.15) is 0 Å². The maximum absolute atomic E-state index is 14.2.